The van der Waals surface area contributed by atoms with Gasteiger partial charge in [0, 0.05) is 18.3 Å². The molecular formula is C23H23FN4O3. The fourth-order valence-corrected chi connectivity index (χ4v) is 3.79. The summed E-state index contributed by atoms with van der Waals surface area (Å²) in [6.45, 7) is 0.782. The minimum atomic E-state index is -0.405. The molecule has 1 saturated heterocycles. The zero-order valence-corrected chi connectivity index (χ0v) is 17.1. The monoisotopic (exact) mass is 422 g/mol. The van der Waals surface area contributed by atoms with E-state index in [0.29, 0.717) is 17.8 Å². The Morgan fingerprint density at radius 2 is 1.90 bits per heavy atom. The molecule has 1 aromatic heterocycles. The van der Waals surface area contributed by atoms with Crippen molar-refractivity contribution in [2.45, 2.75) is 25.4 Å². The van der Waals surface area contributed by atoms with E-state index in [1.165, 1.54) is 35.1 Å². The summed E-state index contributed by atoms with van der Waals surface area (Å²) in [5.41, 5.74) is 1.89. The Balaban J connectivity index is 1.38. The molecule has 0 unspecified atom stereocenters. The zero-order valence-electron chi connectivity index (χ0n) is 17.1. The highest BCUT2D eigenvalue weighted by molar-refractivity contribution is 6.04. The quantitative estimate of drug-likeness (QED) is 0.658. The first-order chi connectivity index (χ1) is 15.0. The van der Waals surface area contributed by atoms with Gasteiger partial charge in [-0.3, -0.25) is 14.3 Å². The van der Waals surface area contributed by atoms with Crippen molar-refractivity contribution in [2.75, 3.05) is 19.0 Å². The second-order valence-electron chi connectivity index (χ2n) is 7.41. The van der Waals surface area contributed by atoms with Crippen molar-refractivity contribution >= 4 is 17.5 Å². The van der Waals surface area contributed by atoms with Crippen LogP contribution in [0.2, 0.25) is 0 Å². The van der Waals surface area contributed by atoms with E-state index >= 15 is 0 Å². The molecule has 0 bridgehead atoms. The Labute approximate surface area is 179 Å². The van der Waals surface area contributed by atoms with Crippen molar-refractivity contribution < 1.29 is 18.7 Å². The van der Waals surface area contributed by atoms with Crippen molar-refractivity contribution in [3.05, 3.63) is 77.9 Å². The van der Waals surface area contributed by atoms with Crippen LogP contribution in [-0.4, -0.2) is 40.1 Å². The van der Waals surface area contributed by atoms with Gasteiger partial charge in [0.25, 0.3) is 5.91 Å². The molecule has 8 heteroatoms. The SMILES string of the molecule is COc1ccc([C@@H]2CCCN2C(=O)Cn2cc(NC(=O)c3ccc(F)cc3)cn2)cc1. The summed E-state index contributed by atoms with van der Waals surface area (Å²) >= 11 is 0. The van der Waals surface area contributed by atoms with Gasteiger partial charge >= 0.3 is 0 Å². The molecule has 0 aliphatic carbocycles. The van der Waals surface area contributed by atoms with Gasteiger partial charge in [0.1, 0.15) is 18.1 Å². The molecule has 4 rings (SSSR count). The highest BCUT2D eigenvalue weighted by atomic mass is 19.1. The number of amides is 2. The molecule has 1 N–H and O–H groups in total. The number of carbonyl (C=O) groups excluding carboxylic acids is 2. The summed E-state index contributed by atoms with van der Waals surface area (Å²) in [5.74, 6) is -0.0214. The number of hydrogen-bond acceptors (Lipinski definition) is 4. The number of halogens is 1. The Bertz CT molecular complexity index is 1060. The summed E-state index contributed by atoms with van der Waals surface area (Å²) in [6.07, 6.45) is 4.95. The first-order valence-corrected chi connectivity index (χ1v) is 10.1. The molecule has 3 aromatic rings. The van der Waals surface area contributed by atoms with Gasteiger partial charge in [-0.05, 0) is 54.8 Å². The molecule has 2 amide bonds. The number of hydrogen-bond donors (Lipinski definition) is 1. The van der Waals surface area contributed by atoms with E-state index in [4.69, 9.17) is 4.74 Å². The van der Waals surface area contributed by atoms with E-state index in [2.05, 4.69) is 10.4 Å². The van der Waals surface area contributed by atoms with Crippen LogP contribution in [0.3, 0.4) is 0 Å². The van der Waals surface area contributed by atoms with Crippen LogP contribution >= 0.6 is 0 Å². The Hall–Kier alpha value is -3.68. The maximum Gasteiger partial charge on any atom is 0.255 e. The van der Waals surface area contributed by atoms with Gasteiger partial charge in [0.05, 0.1) is 25.0 Å². The number of likely N-dealkylation sites (tertiary alicyclic amines) is 1. The second kappa shape index (κ2) is 8.99. The van der Waals surface area contributed by atoms with Gasteiger partial charge in [-0.15, -0.1) is 0 Å². The lowest BCUT2D eigenvalue weighted by Crippen LogP contribution is -2.33. The molecule has 0 saturated carbocycles. The average Bonchev–Trinajstić information content (AvgIpc) is 3.44. The predicted octanol–water partition coefficient (Wildman–Crippen LogP) is 3.65. The topological polar surface area (TPSA) is 76.5 Å². The Kier molecular flexibility index (Phi) is 5.97. The predicted molar refractivity (Wildman–Crippen MR) is 113 cm³/mol. The lowest BCUT2D eigenvalue weighted by Gasteiger charge is -2.25. The highest BCUT2D eigenvalue weighted by Crippen LogP contribution is 2.33. The molecular weight excluding hydrogens is 399 g/mol. The molecule has 2 aromatic carbocycles. The number of nitrogens with zero attached hydrogens (tertiary/aromatic N) is 3. The fourth-order valence-electron chi connectivity index (χ4n) is 3.79. The Morgan fingerprint density at radius 3 is 2.61 bits per heavy atom. The maximum atomic E-state index is 13.0. The molecule has 1 aliphatic rings. The molecule has 0 radical (unpaired) electrons. The standard InChI is InChI=1S/C23H23FN4O3/c1-31-20-10-6-16(7-11-20)21-3-2-12-28(21)22(29)15-27-14-19(13-25-27)26-23(30)17-4-8-18(24)9-5-17/h4-11,13-14,21H,2-3,12,15H2,1H3,(H,26,30)/t21-/m0/s1. The van der Waals surface area contributed by atoms with Crippen LogP contribution in [0.25, 0.3) is 0 Å². The van der Waals surface area contributed by atoms with Crippen molar-refractivity contribution in [1.82, 2.24) is 14.7 Å². The molecule has 2 heterocycles. The van der Waals surface area contributed by atoms with E-state index in [0.717, 1.165) is 24.2 Å². The first kappa shape index (κ1) is 20.6. The third kappa shape index (κ3) is 4.74. The molecule has 1 fully saturated rings. The van der Waals surface area contributed by atoms with Gasteiger partial charge in [-0.2, -0.15) is 5.10 Å². The number of ether oxygens (including phenoxy) is 1. The Morgan fingerprint density at radius 1 is 1.16 bits per heavy atom. The van der Waals surface area contributed by atoms with Gasteiger partial charge in [0.2, 0.25) is 5.91 Å². The highest BCUT2D eigenvalue weighted by Gasteiger charge is 2.30. The number of methoxy groups -OCH3 is 1. The molecule has 160 valence electrons. The van der Waals surface area contributed by atoms with Crippen molar-refractivity contribution in [2.24, 2.45) is 0 Å². The number of nitrogens with one attached hydrogen (secondary N) is 1. The molecule has 0 spiro atoms. The molecule has 1 aliphatic heterocycles. The lowest BCUT2D eigenvalue weighted by molar-refractivity contribution is -0.133. The first-order valence-electron chi connectivity index (χ1n) is 10.1. The van der Waals surface area contributed by atoms with Crippen LogP contribution in [0.5, 0.6) is 5.75 Å². The van der Waals surface area contributed by atoms with Crippen LogP contribution in [0.1, 0.15) is 34.8 Å². The third-order valence-corrected chi connectivity index (χ3v) is 5.37. The van der Waals surface area contributed by atoms with E-state index in [1.54, 1.807) is 13.3 Å². The summed E-state index contributed by atoms with van der Waals surface area (Å²) in [4.78, 5) is 27.1. The van der Waals surface area contributed by atoms with E-state index in [1.807, 2.05) is 29.2 Å². The normalized spacial score (nSPS) is 15.7. The number of rotatable bonds is 6. The molecule has 1 atom stereocenters. The van der Waals surface area contributed by atoms with Crippen LogP contribution in [-0.2, 0) is 11.3 Å². The smallest absolute Gasteiger partial charge is 0.255 e. The number of carbonyl (C=O) groups is 2. The van der Waals surface area contributed by atoms with E-state index in [-0.39, 0.29) is 24.4 Å². The lowest BCUT2D eigenvalue weighted by atomic mass is 10.0. The third-order valence-electron chi connectivity index (χ3n) is 5.37. The van der Waals surface area contributed by atoms with E-state index < -0.39 is 5.82 Å². The average molecular weight is 422 g/mol. The minimum Gasteiger partial charge on any atom is -0.497 e. The van der Waals surface area contributed by atoms with Crippen molar-refractivity contribution in [3.63, 3.8) is 0 Å². The number of anilines is 1. The maximum absolute atomic E-state index is 13.0. The van der Waals surface area contributed by atoms with Crippen molar-refractivity contribution in [3.8, 4) is 5.75 Å². The van der Waals surface area contributed by atoms with E-state index in [9.17, 15) is 14.0 Å². The minimum absolute atomic E-state index is 0.0298. The van der Waals surface area contributed by atoms with Crippen LogP contribution in [0.15, 0.2) is 60.9 Å². The summed E-state index contributed by atoms with van der Waals surface area (Å²) in [5, 5.41) is 6.89. The van der Waals surface area contributed by atoms with Gasteiger partial charge in [-0.1, -0.05) is 12.1 Å². The zero-order chi connectivity index (χ0) is 21.8. The van der Waals surface area contributed by atoms with Gasteiger partial charge < -0.3 is 15.0 Å². The largest absolute Gasteiger partial charge is 0.497 e. The fraction of sp³-hybridized carbons (Fsp3) is 0.261. The molecule has 7 nitrogen and oxygen atoms in total. The molecule has 31 heavy (non-hydrogen) atoms. The van der Waals surface area contributed by atoms with Crippen molar-refractivity contribution in [1.29, 1.82) is 0 Å². The second-order valence-corrected chi connectivity index (χ2v) is 7.41. The van der Waals surface area contributed by atoms with Gasteiger partial charge in [0.15, 0.2) is 0 Å². The summed E-state index contributed by atoms with van der Waals surface area (Å²) < 4.78 is 19.7. The summed E-state index contributed by atoms with van der Waals surface area (Å²) in [7, 11) is 1.63. The van der Waals surface area contributed by atoms with Gasteiger partial charge in [-0.25, -0.2) is 4.39 Å². The van der Waals surface area contributed by atoms with Crippen LogP contribution < -0.4 is 10.1 Å². The van der Waals surface area contributed by atoms with Crippen LogP contribution in [0.4, 0.5) is 10.1 Å². The number of benzene rings is 2. The summed E-state index contributed by atoms with van der Waals surface area (Å²) in [6, 6.07) is 13.1. The number of aromatic nitrogens is 2. The van der Waals surface area contributed by atoms with Crippen LogP contribution in [0, 0.1) is 5.82 Å².